The monoisotopic (exact) mass is 496 g/mol. The maximum absolute atomic E-state index is 13.6. The van der Waals surface area contributed by atoms with Gasteiger partial charge in [0, 0.05) is 64.5 Å². The molecule has 0 bridgehead atoms. The first-order chi connectivity index (χ1) is 17.5. The number of nitrogens with zero attached hydrogens (tertiary/aromatic N) is 5. The van der Waals surface area contributed by atoms with E-state index < -0.39 is 0 Å². The molecule has 9 heteroatoms. The molecule has 1 aromatic carbocycles. The lowest BCUT2D eigenvalue weighted by atomic mass is 9.95. The van der Waals surface area contributed by atoms with Crippen LogP contribution in [-0.2, 0) is 9.59 Å². The summed E-state index contributed by atoms with van der Waals surface area (Å²) in [6, 6.07) is 5.47. The Bertz CT molecular complexity index is 970. The van der Waals surface area contributed by atoms with E-state index in [1.165, 1.54) is 0 Å². The van der Waals surface area contributed by atoms with Crippen LogP contribution in [0.5, 0.6) is 0 Å². The predicted octanol–water partition coefficient (Wildman–Crippen LogP) is 1.38. The van der Waals surface area contributed by atoms with E-state index in [-0.39, 0.29) is 30.3 Å². The Morgan fingerprint density at radius 2 is 1.64 bits per heavy atom. The number of carbonyl (C=O) groups is 3. The smallest absolute Gasteiger partial charge is 0.253 e. The molecule has 3 saturated heterocycles. The van der Waals surface area contributed by atoms with Crippen molar-refractivity contribution in [3.05, 3.63) is 23.8 Å². The van der Waals surface area contributed by atoms with E-state index in [4.69, 9.17) is 0 Å². The number of likely N-dealkylation sites (tertiary alicyclic amines) is 1. The Kier molecular flexibility index (Phi) is 7.76. The number of piperidine rings is 1. The Labute approximate surface area is 214 Å². The highest BCUT2D eigenvalue weighted by atomic mass is 16.2. The van der Waals surface area contributed by atoms with E-state index in [9.17, 15) is 14.4 Å². The van der Waals surface area contributed by atoms with Crippen LogP contribution < -0.4 is 15.1 Å². The number of hydrogen-bond donors (Lipinski definition) is 1. The highest BCUT2D eigenvalue weighted by Crippen LogP contribution is 2.40. The second-order valence-electron chi connectivity index (χ2n) is 10.5. The van der Waals surface area contributed by atoms with Gasteiger partial charge in [-0.3, -0.25) is 24.2 Å². The molecule has 1 atom stereocenters. The number of anilines is 2. The van der Waals surface area contributed by atoms with Gasteiger partial charge in [-0.25, -0.2) is 0 Å². The first-order valence-corrected chi connectivity index (χ1v) is 13.8. The normalized spacial score (nSPS) is 23.0. The Morgan fingerprint density at radius 3 is 2.39 bits per heavy atom. The summed E-state index contributed by atoms with van der Waals surface area (Å²) < 4.78 is 0. The summed E-state index contributed by atoms with van der Waals surface area (Å²) >= 11 is 0. The van der Waals surface area contributed by atoms with Crippen LogP contribution in [0, 0.1) is 0 Å². The molecule has 3 amide bonds. The molecule has 1 N–H and O–H groups in total. The second-order valence-corrected chi connectivity index (χ2v) is 10.5. The number of rotatable bonds is 7. The van der Waals surface area contributed by atoms with Gasteiger partial charge in [-0.05, 0) is 56.8 Å². The molecule has 36 heavy (non-hydrogen) atoms. The van der Waals surface area contributed by atoms with Crippen molar-refractivity contribution in [3.8, 4) is 0 Å². The van der Waals surface area contributed by atoms with Crippen molar-refractivity contribution in [2.75, 3.05) is 81.8 Å². The minimum absolute atomic E-state index is 0.0103. The lowest BCUT2D eigenvalue weighted by molar-refractivity contribution is -0.125. The molecular weight excluding hydrogens is 456 g/mol. The van der Waals surface area contributed by atoms with Gasteiger partial charge in [0.25, 0.3) is 5.91 Å². The first-order valence-electron chi connectivity index (χ1n) is 13.8. The van der Waals surface area contributed by atoms with Gasteiger partial charge in [0.2, 0.25) is 11.8 Å². The maximum Gasteiger partial charge on any atom is 0.253 e. The van der Waals surface area contributed by atoms with Crippen molar-refractivity contribution in [2.24, 2.45) is 0 Å². The van der Waals surface area contributed by atoms with Crippen molar-refractivity contribution in [3.63, 3.8) is 0 Å². The lowest BCUT2D eigenvalue weighted by Crippen LogP contribution is -2.57. The largest absolute Gasteiger partial charge is 0.358 e. The molecule has 5 rings (SSSR count). The summed E-state index contributed by atoms with van der Waals surface area (Å²) in [6.45, 7) is 11.2. The van der Waals surface area contributed by atoms with Crippen molar-refractivity contribution in [2.45, 2.75) is 45.1 Å². The molecule has 3 fully saturated rings. The molecule has 4 heterocycles. The van der Waals surface area contributed by atoms with Crippen LogP contribution in [0.3, 0.4) is 0 Å². The average Bonchev–Trinajstić information content (AvgIpc) is 3.46. The highest BCUT2D eigenvalue weighted by molar-refractivity contribution is 6.09. The van der Waals surface area contributed by atoms with Gasteiger partial charge < -0.3 is 20.0 Å². The number of piperazine rings is 1. The summed E-state index contributed by atoms with van der Waals surface area (Å²) in [6.07, 6.45) is 4.93. The van der Waals surface area contributed by atoms with E-state index in [2.05, 4.69) is 26.9 Å². The molecule has 0 aromatic heterocycles. The van der Waals surface area contributed by atoms with Gasteiger partial charge >= 0.3 is 0 Å². The zero-order chi connectivity index (χ0) is 25.1. The van der Waals surface area contributed by atoms with Gasteiger partial charge in [0.1, 0.15) is 12.6 Å². The molecular formula is C27H40N6O3. The third-order valence-electron chi connectivity index (χ3n) is 8.23. The molecule has 0 spiro atoms. The molecule has 0 aliphatic carbocycles. The third-order valence-corrected chi connectivity index (χ3v) is 8.23. The van der Waals surface area contributed by atoms with Gasteiger partial charge in [0.05, 0.1) is 11.4 Å². The van der Waals surface area contributed by atoms with Crippen LogP contribution in [0.1, 0.15) is 49.4 Å². The topological polar surface area (TPSA) is 79.4 Å². The molecule has 0 saturated carbocycles. The molecule has 4 aliphatic rings. The van der Waals surface area contributed by atoms with Gasteiger partial charge in [-0.15, -0.1) is 0 Å². The van der Waals surface area contributed by atoms with E-state index in [1.54, 1.807) is 4.90 Å². The number of carbonyl (C=O) groups excluding carboxylic acids is 3. The van der Waals surface area contributed by atoms with Crippen LogP contribution in [0.4, 0.5) is 11.4 Å². The third kappa shape index (κ3) is 5.22. The predicted molar refractivity (Wildman–Crippen MR) is 140 cm³/mol. The Balaban J connectivity index is 1.28. The van der Waals surface area contributed by atoms with Crippen LogP contribution >= 0.6 is 0 Å². The summed E-state index contributed by atoms with van der Waals surface area (Å²) in [4.78, 5) is 50.1. The summed E-state index contributed by atoms with van der Waals surface area (Å²) in [5.74, 6) is -0.170. The zero-order valence-electron chi connectivity index (χ0n) is 21.6. The fourth-order valence-corrected chi connectivity index (χ4v) is 6.04. The van der Waals surface area contributed by atoms with Crippen LogP contribution in [-0.4, -0.2) is 110 Å². The molecule has 1 unspecified atom stereocenters. The standard InChI is InChI=1S/C27H40N6O3/c1-2-29-15-17-30(18-16-29)14-10-28-25(34)20-33-24-19-21(26(35)31-11-5-6-12-31)8-9-22(24)32-13-4-3-7-23(32)27(33)36/h8-9,19,23H,2-7,10-18,20H2,1H3,(H,28,34). The van der Waals surface area contributed by atoms with Crippen LogP contribution in [0.25, 0.3) is 0 Å². The number of hydrogen-bond acceptors (Lipinski definition) is 6. The fraction of sp³-hybridized carbons (Fsp3) is 0.667. The van der Waals surface area contributed by atoms with Crippen molar-refractivity contribution in [1.82, 2.24) is 20.0 Å². The van der Waals surface area contributed by atoms with Crippen molar-refractivity contribution < 1.29 is 14.4 Å². The van der Waals surface area contributed by atoms with Gasteiger partial charge in [-0.2, -0.15) is 0 Å². The maximum atomic E-state index is 13.6. The molecule has 196 valence electrons. The number of nitrogens with one attached hydrogen (secondary N) is 1. The van der Waals surface area contributed by atoms with Gasteiger partial charge in [0.15, 0.2) is 0 Å². The fourth-order valence-electron chi connectivity index (χ4n) is 6.04. The van der Waals surface area contributed by atoms with Gasteiger partial charge in [-0.1, -0.05) is 6.92 Å². The Morgan fingerprint density at radius 1 is 0.917 bits per heavy atom. The van der Waals surface area contributed by atoms with Crippen molar-refractivity contribution in [1.29, 1.82) is 0 Å². The van der Waals surface area contributed by atoms with E-state index in [0.717, 1.165) is 96.7 Å². The van der Waals surface area contributed by atoms with E-state index >= 15 is 0 Å². The van der Waals surface area contributed by atoms with E-state index in [0.29, 0.717) is 17.8 Å². The molecule has 9 nitrogen and oxygen atoms in total. The lowest BCUT2D eigenvalue weighted by Gasteiger charge is -2.45. The first kappa shape index (κ1) is 25.0. The number of amides is 3. The molecule has 1 aromatic rings. The van der Waals surface area contributed by atoms with Crippen molar-refractivity contribution >= 4 is 29.1 Å². The second kappa shape index (κ2) is 11.2. The minimum Gasteiger partial charge on any atom is -0.358 e. The highest BCUT2D eigenvalue weighted by Gasteiger charge is 2.40. The molecule has 0 radical (unpaired) electrons. The van der Waals surface area contributed by atoms with Crippen LogP contribution in [0.15, 0.2) is 18.2 Å². The quantitative estimate of drug-likeness (QED) is 0.615. The summed E-state index contributed by atoms with van der Waals surface area (Å²) in [5, 5.41) is 3.03. The average molecular weight is 497 g/mol. The molecule has 4 aliphatic heterocycles. The number of benzene rings is 1. The summed E-state index contributed by atoms with van der Waals surface area (Å²) in [7, 11) is 0. The van der Waals surface area contributed by atoms with E-state index in [1.807, 2.05) is 23.1 Å². The minimum atomic E-state index is -0.228. The number of likely N-dealkylation sites (N-methyl/N-ethyl adjacent to an activating group) is 1. The number of fused-ring (bicyclic) bond motifs is 3. The Hall–Kier alpha value is -2.65. The zero-order valence-corrected chi connectivity index (χ0v) is 21.6. The summed E-state index contributed by atoms with van der Waals surface area (Å²) in [5.41, 5.74) is 2.24. The van der Waals surface area contributed by atoms with Crippen LogP contribution in [0.2, 0.25) is 0 Å². The SMILES string of the molecule is CCN1CCN(CCNC(=O)CN2C(=O)C3CCCCN3c3ccc(C(=O)N4CCCC4)cc32)CC1.